The number of aromatic nitrogens is 2. The lowest BCUT2D eigenvalue weighted by atomic mass is 10.2. The summed E-state index contributed by atoms with van der Waals surface area (Å²) in [6, 6.07) is 11.9. The van der Waals surface area contributed by atoms with E-state index in [1.165, 1.54) is 12.1 Å². The van der Waals surface area contributed by atoms with Gasteiger partial charge in [-0.25, -0.2) is 14.6 Å². The number of carboxylic acids is 2. The van der Waals surface area contributed by atoms with E-state index in [0.29, 0.717) is 22.5 Å². The van der Waals surface area contributed by atoms with Crippen molar-refractivity contribution in [2.24, 2.45) is 7.05 Å². The number of nitro groups is 1. The van der Waals surface area contributed by atoms with Gasteiger partial charge >= 0.3 is 11.9 Å². The third kappa shape index (κ3) is 6.43. The molecule has 1 aromatic heterocycles. The van der Waals surface area contributed by atoms with E-state index in [4.69, 9.17) is 43.0 Å². The summed E-state index contributed by atoms with van der Waals surface area (Å²) in [6.45, 7) is 0.424. The van der Waals surface area contributed by atoms with Crippen molar-refractivity contribution in [2.45, 2.75) is 6.54 Å². The Morgan fingerprint density at radius 3 is 2.39 bits per heavy atom. The van der Waals surface area contributed by atoms with Gasteiger partial charge in [-0.15, -0.1) is 0 Å². The van der Waals surface area contributed by atoms with Crippen LogP contribution in [0.25, 0.3) is 11.3 Å². The number of carbonyl (C=O) groups is 2. The van der Waals surface area contributed by atoms with Gasteiger partial charge in [0, 0.05) is 31.3 Å². The lowest BCUT2D eigenvalue weighted by Crippen LogP contribution is -2.09. The second kappa shape index (κ2) is 10.4. The van der Waals surface area contributed by atoms with Gasteiger partial charge in [0.1, 0.15) is 0 Å². The molecular weight excluding hydrogens is 451 g/mol. The summed E-state index contributed by atoms with van der Waals surface area (Å²) in [5, 5.41) is 29.8. The predicted octanol–water partition coefficient (Wildman–Crippen LogP) is 4.07. The fourth-order valence-corrected chi connectivity index (χ4v) is 2.76. The Bertz CT molecular complexity index is 1120. The number of nitro benzene ring substituents is 1. The highest BCUT2D eigenvalue weighted by Gasteiger charge is 2.11. The van der Waals surface area contributed by atoms with Gasteiger partial charge in [-0.1, -0.05) is 41.4 Å². The highest BCUT2D eigenvalue weighted by atomic mass is 35.5. The molecule has 162 valence electrons. The van der Waals surface area contributed by atoms with Gasteiger partial charge in [0.15, 0.2) is 0 Å². The average molecular weight is 467 g/mol. The fourth-order valence-electron chi connectivity index (χ4n) is 2.46. The Morgan fingerprint density at radius 1 is 1.13 bits per heavy atom. The van der Waals surface area contributed by atoms with Crippen molar-refractivity contribution in [3.05, 3.63) is 74.4 Å². The first kappa shape index (κ1) is 23.6. The van der Waals surface area contributed by atoms with E-state index in [-0.39, 0.29) is 5.69 Å². The molecule has 2 aromatic carbocycles. The van der Waals surface area contributed by atoms with Crippen LogP contribution >= 0.6 is 23.2 Å². The first-order chi connectivity index (χ1) is 14.6. The summed E-state index contributed by atoms with van der Waals surface area (Å²) in [5.41, 5.74) is 2.64. The summed E-state index contributed by atoms with van der Waals surface area (Å²) in [4.78, 5) is 33.0. The minimum Gasteiger partial charge on any atom is -0.473 e. The normalized spacial score (nSPS) is 10.0. The molecule has 12 heteroatoms. The SMILES string of the molecule is Cn1c(-c2ccc(Cl)c(Cl)c2)cnc1NCc1cccc([N+](=O)[O-])c1.O=C(O)C(=O)O. The van der Waals surface area contributed by atoms with Crippen LogP contribution in [0.4, 0.5) is 11.6 Å². The van der Waals surface area contributed by atoms with Crippen molar-refractivity contribution in [3.63, 3.8) is 0 Å². The molecule has 0 fully saturated rings. The maximum absolute atomic E-state index is 10.8. The zero-order chi connectivity index (χ0) is 23.1. The number of nitrogens with zero attached hydrogens (tertiary/aromatic N) is 3. The van der Waals surface area contributed by atoms with Gasteiger partial charge in [0.05, 0.1) is 26.9 Å². The molecule has 10 nitrogen and oxygen atoms in total. The molecule has 0 aliphatic rings. The van der Waals surface area contributed by atoms with Crippen LogP contribution in [0, 0.1) is 10.1 Å². The van der Waals surface area contributed by atoms with Crippen molar-refractivity contribution in [1.82, 2.24) is 9.55 Å². The molecule has 3 rings (SSSR count). The highest BCUT2D eigenvalue weighted by Crippen LogP contribution is 2.29. The molecule has 0 bridgehead atoms. The molecule has 0 atom stereocenters. The molecule has 31 heavy (non-hydrogen) atoms. The Morgan fingerprint density at radius 2 is 1.81 bits per heavy atom. The Labute approximate surface area is 185 Å². The van der Waals surface area contributed by atoms with E-state index < -0.39 is 16.9 Å². The van der Waals surface area contributed by atoms with Gasteiger partial charge in [0.25, 0.3) is 5.69 Å². The maximum atomic E-state index is 10.8. The van der Waals surface area contributed by atoms with Crippen LogP contribution < -0.4 is 5.32 Å². The van der Waals surface area contributed by atoms with E-state index in [1.54, 1.807) is 24.4 Å². The zero-order valence-corrected chi connectivity index (χ0v) is 17.5. The number of non-ortho nitro benzene ring substituents is 1. The first-order valence-corrected chi connectivity index (χ1v) is 9.26. The highest BCUT2D eigenvalue weighted by molar-refractivity contribution is 6.42. The number of hydrogen-bond acceptors (Lipinski definition) is 6. The summed E-state index contributed by atoms with van der Waals surface area (Å²) >= 11 is 12.0. The summed E-state index contributed by atoms with van der Waals surface area (Å²) in [5.74, 6) is -3.00. The molecule has 0 amide bonds. The van der Waals surface area contributed by atoms with Crippen molar-refractivity contribution >= 4 is 46.8 Å². The van der Waals surface area contributed by atoms with Crippen molar-refractivity contribution in [1.29, 1.82) is 0 Å². The molecule has 1 heterocycles. The van der Waals surface area contributed by atoms with E-state index >= 15 is 0 Å². The van der Waals surface area contributed by atoms with Crippen LogP contribution in [0.15, 0.2) is 48.7 Å². The van der Waals surface area contributed by atoms with Crippen LogP contribution in [-0.2, 0) is 23.2 Å². The Kier molecular flexibility index (Phi) is 7.94. The summed E-state index contributed by atoms with van der Waals surface area (Å²) < 4.78 is 1.89. The predicted molar refractivity (Wildman–Crippen MR) is 114 cm³/mol. The number of anilines is 1. The second-order valence-electron chi connectivity index (χ2n) is 6.05. The first-order valence-electron chi connectivity index (χ1n) is 8.50. The molecular formula is C19H16Cl2N4O6. The number of carboxylic acid groups (broad SMARTS) is 2. The fraction of sp³-hybridized carbons (Fsp3) is 0.105. The number of benzene rings is 2. The average Bonchev–Trinajstić information content (AvgIpc) is 3.09. The number of halogens is 2. The van der Waals surface area contributed by atoms with Crippen LogP contribution in [-0.4, -0.2) is 36.6 Å². The molecule has 0 saturated heterocycles. The molecule has 0 unspecified atom stereocenters. The van der Waals surface area contributed by atoms with E-state index in [2.05, 4.69) is 10.3 Å². The largest absolute Gasteiger partial charge is 0.473 e. The third-order valence-electron chi connectivity index (χ3n) is 3.96. The summed E-state index contributed by atoms with van der Waals surface area (Å²) in [6.07, 6.45) is 1.73. The van der Waals surface area contributed by atoms with Crippen LogP contribution in [0.5, 0.6) is 0 Å². The number of hydrogen-bond donors (Lipinski definition) is 3. The number of nitrogens with one attached hydrogen (secondary N) is 1. The van der Waals surface area contributed by atoms with Gasteiger partial charge < -0.3 is 20.1 Å². The molecule has 0 spiro atoms. The number of aliphatic carboxylic acids is 2. The minimum absolute atomic E-state index is 0.0654. The minimum atomic E-state index is -1.82. The molecule has 0 saturated carbocycles. The molecule has 0 aliphatic heterocycles. The van der Waals surface area contributed by atoms with Crippen LogP contribution in [0.1, 0.15) is 5.56 Å². The van der Waals surface area contributed by atoms with E-state index in [0.717, 1.165) is 16.8 Å². The topological polar surface area (TPSA) is 148 Å². The molecule has 3 aromatic rings. The van der Waals surface area contributed by atoms with Gasteiger partial charge in [-0.2, -0.15) is 0 Å². The van der Waals surface area contributed by atoms with Gasteiger partial charge in [0.2, 0.25) is 5.95 Å². The maximum Gasteiger partial charge on any atom is 0.414 e. The van der Waals surface area contributed by atoms with E-state index in [9.17, 15) is 10.1 Å². The van der Waals surface area contributed by atoms with E-state index in [1.807, 2.05) is 23.7 Å². The second-order valence-corrected chi connectivity index (χ2v) is 6.86. The third-order valence-corrected chi connectivity index (χ3v) is 4.70. The van der Waals surface area contributed by atoms with Crippen molar-refractivity contribution < 1.29 is 24.7 Å². The smallest absolute Gasteiger partial charge is 0.414 e. The number of rotatable bonds is 5. The molecule has 3 N–H and O–H groups in total. The number of imidazole rings is 1. The lowest BCUT2D eigenvalue weighted by Gasteiger charge is -2.09. The van der Waals surface area contributed by atoms with Gasteiger partial charge in [-0.05, 0) is 17.7 Å². The quantitative estimate of drug-likeness (QED) is 0.289. The Hall–Kier alpha value is -3.63. The monoisotopic (exact) mass is 466 g/mol. The van der Waals surface area contributed by atoms with Crippen molar-refractivity contribution in [3.8, 4) is 11.3 Å². The van der Waals surface area contributed by atoms with Crippen LogP contribution in [0.3, 0.4) is 0 Å². The Balaban J connectivity index is 0.000000501. The molecule has 0 radical (unpaired) electrons. The lowest BCUT2D eigenvalue weighted by molar-refractivity contribution is -0.384. The summed E-state index contributed by atoms with van der Waals surface area (Å²) in [7, 11) is 1.88. The molecule has 0 aliphatic carbocycles. The van der Waals surface area contributed by atoms with Crippen LogP contribution in [0.2, 0.25) is 10.0 Å². The zero-order valence-electron chi connectivity index (χ0n) is 16.0. The van der Waals surface area contributed by atoms with Crippen molar-refractivity contribution in [2.75, 3.05) is 5.32 Å². The standard InChI is InChI=1S/C17H14Cl2N4O2.C2H2O4/c1-22-16(12-5-6-14(18)15(19)8-12)10-21-17(22)20-9-11-3-2-4-13(7-11)23(24)25;3-1(4)2(5)6/h2-8,10H,9H2,1H3,(H,20,21);(H,3,4)(H,5,6). The van der Waals surface area contributed by atoms with Gasteiger partial charge in [-0.3, -0.25) is 10.1 Å².